The Morgan fingerprint density at radius 2 is 1.27 bits per heavy atom. The number of para-hydroxylation sites is 1. The number of nitrogens with one attached hydrogen (secondary N) is 1. The predicted octanol–water partition coefficient (Wildman–Crippen LogP) is 7.60. The summed E-state index contributed by atoms with van der Waals surface area (Å²) in [6.07, 6.45) is 0.235. The average molecular weight is 741 g/mol. The zero-order chi connectivity index (χ0) is 34.8. The van der Waals surface area contributed by atoms with E-state index in [-0.39, 0.29) is 35.5 Å². The molecule has 0 spiro atoms. The Morgan fingerprint density at radius 3 is 1.86 bits per heavy atom. The van der Waals surface area contributed by atoms with E-state index in [4.69, 9.17) is 4.74 Å². The number of hydrogen-bond donors (Lipinski definition) is 1. The van der Waals surface area contributed by atoms with Crippen LogP contribution in [0.5, 0.6) is 11.5 Å². The van der Waals surface area contributed by atoms with Gasteiger partial charge in [0.15, 0.2) is 0 Å². The van der Waals surface area contributed by atoms with Crippen LogP contribution < -0.4 is 14.4 Å². The number of carbonyl (C=O) groups excluding carboxylic acids is 2. The van der Waals surface area contributed by atoms with Crippen LogP contribution in [0.4, 0.5) is 5.69 Å². The average Bonchev–Trinajstić information content (AvgIpc) is 3.11. The number of halogens is 1. The number of sulfonamides is 1. The highest BCUT2D eigenvalue weighted by Crippen LogP contribution is 2.29. The van der Waals surface area contributed by atoms with Gasteiger partial charge in [-0.1, -0.05) is 94.8 Å². The van der Waals surface area contributed by atoms with Crippen molar-refractivity contribution in [2.24, 2.45) is 0 Å². The Morgan fingerprint density at radius 1 is 0.714 bits per heavy atom. The number of carbonyl (C=O) groups is 2. The van der Waals surface area contributed by atoms with Crippen LogP contribution in [0.2, 0.25) is 0 Å². The molecule has 252 valence electrons. The first-order chi connectivity index (χ1) is 23.6. The molecule has 0 saturated carbocycles. The predicted molar refractivity (Wildman–Crippen MR) is 196 cm³/mol. The molecule has 8 nitrogen and oxygen atoms in total. The van der Waals surface area contributed by atoms with E-state index in [0.717, 1.165) is 19.9 Å². The standard InChI is InChI=1S/C39H38BrN3O5S/c1-29(2)41-39(45)37(26-30-12-6-3-7-13-30)42(27-31-18-20-32(40)21-19-31)38(44)28-43(49(46,47)36-16-10-5-11-17-36)33-22-24-35(25-23-33)48-34-14-8-4-9-15-34/h3-25,29,37H,26-28H2,1-2H3,(H,41,45)/t37-/m0/s1. The van der Waals surface area contributed by atoms with Gasteiger partial charge in [0, 0.05) is 23.5 Å². The number of amides is 2. The lowest BCUT2D eigenvalue weighted by Crippen LogP contribution is -2.54. The molecular weight excluding hydrogens is 702 g/mol. The molecule has 0 bridgehead atoms. The minimum absolute atomic E-state index is 0.0326. The van der Waals surface area contributed by atoms with Gasteiger partial charge in [-0.25, -0.2) is 8.42 Å². The highest BCUT2D eigenvalue weighted by Gasteiger charge is 2.34. The van der Waals surface area contributed by atoms with Crippen molar-refractivity contribution in [1.29, 1.82) is 0 Å². The summed E-state index contributed by atoms with van der Waals surface area (Å²) < 4.78 is 36.4. The topological polar surface area (TPSA) is 96.0 Å². The molecule has 1 N–H and O–H groups in total. The van der Waals surface area contributed by atoms with Crippen LogP contribution in [-0.4, -0.2) is 43.8 Å². The zero-order valence-corrected chi connectivity index (χ0v) is 29.7. The number of benzene rings is 5. The summed E-state index contributed by atoms with van der Waals surface area (Å²) in [5, 5.41) is 2.97. The highest BCUT2D eigenvalue weighted by molar-refractivity contribution is 9.10. The zero-order valence-electron chi connectivity index (χ0n) is 27.3. The van der Waals surface area contributed by atoms with Crippen LogP contribution in [0.25, 0.3) is 0 Å². The van der Waals surface area contributed by atoms with E-state index in [1.54, 1.807) is 42.5 Å². The number of ether oxygens (including phenoxy) is 1. The van der Waals surface area contributed by atoms with Crippen LogP contribution in [0.3, 0.4) is 0 Å². The molecule has 0 aromatic heterocycles. The molecule has 0 unspecified atom stereocenters. The Hall–Kier alpha value is -4.93. The summed E-state index contributed by atoms with van der Waals surface area (Å²) >= 11 is 3.46. The number of hydrogen-bond acceptors (Lipinski definition) is 5. The highest BCUT2D eigenvalue weighted by atomic mass is 79.9. The lowest BCUT2D eigenvalue weighted by molar-refractivity contribution is -0.140. The fourth-order valence-electron chi connectivity index (χ4n) is 5.27. The van der Waals surface area contributed by atoms with Gasteiger partial charge in [0.1, 0.15) is 24.1 Å². The summed E-state index contributed by atoms with van der Waals surface area (Å²) in [5.74, 6) is 0.270. The third kappa shape index (κ3) is 9.58. The van der Waals surface area contributed by atoms with Gasteiger partial charge < -0.3 is 15.0 Å². The van der Waals surface area contributed by atoms with E-state index in [1.807, 2.05) is 98.8 Å². The fraction of sp³-hybridized carbons (Fsp3) is 0.179. The van der Waals surface area contributed by atoms with Gasteiger partial charge in [-0.2, -0.15) is 0 Å². The van der Waals surface area contributed by atoms with E-state index < -0.39 is 28.5 Å². The van der Waals surface area contributed by atoms with Gasteiger partial charge >= 0.3 is 0 Å². The van der Waals surface area contributed by atoms with E-state index >= 15 is 0 Å². The number of anilines is 1. The summed E-state index contributed by atoms with van der Waals surface area (Å²) in [7, 11) is -4.22. The third-order valence-corrected chi connectivity index (χ3v) is 10.00. The summed E-state index contributed by atoms with van der Waals surface area (Å²) in [4.78, 5) is 30.0. The first kappa shape index (κ1) is 35.4. The first-order valence-corrected chi connectivity index (χ1v) is 18.1. The van der Waals surface area contributed by atoms with Crippen LogP contribution in [0.15, 0.2) is 149 Å². The van der Waals surface area contributed by atoms with Crippen LogP contribution in [0.1, 0.15) is 25.0 Å². The molecule has 49 heavy (non-hydrogen) atoms. The minimum atomic E-state index is -4.22. The normalized spacial score (nSPS) is 11.8. The van der Waals surface area contributed by atoms with E-state index in [0.29, 0.717) is 11.5 Å². The molecule has 0 aliphatic carbocycles. The lowest BCUT2D eigenvalue weighted by Gasteiger charge is -2.34. The fourth-order valence-corrected chi connectivity index (χ4v) is 6.97. The van der Waals surface area contributed by atoms with Crippen molar-refractivity contribution in [1.82, 2.24) is 10.2 Å². The maximum absolute atomic E-state index is 14.6. The van der Waals surface area contributed by atoms with Gasteiger partial charge in [-0.3, -0.25) is 13.9 Å². The van der Waals surface area contributed by atoms with E-state index in [9.17, 15) is 18.0 Å². The maximum Gasteiger partial charge on any atom is 0.264 e. The molecule has 5 rings (SSSR count). The molecule has 0 aliphatic rings. The third-order valence-electron chi connectivity index (χ3n) is 7.68. The van der Waals surface area contributed by atoms with Crippen LogP contribution in [0, 0.1) is 0 Å². The summed E-state index contributed by atoms with van der Waals surface area (Å²) in [6.45, 7) is 3.25. The largest absolute Gasteiger partial charge is 0.457 e. The second-order valence-electron chi connectivity index (χ2n) is 11.8. The van der Waals surface area contributed by atoms with Crippen molar-refractivity contribution in [3.05, 3.63) is 155 Å². The minimum Gasteiger partial charge on any atom is -0.457 e. The van der Waals surface area contributed by atoms with Crippen molar-refractivity contribution in [3.63, 3.8) is 0 Å². The van der Waals surface area contributed by atoms with Gasteiger partial charge in [0.05, 0.1) is 10.6 Å². The van der Waals surface area contributed by atoms with Crippen molar-refractivity contribution in [2.75, 3.05) is 10.8 Å². The van der Waals surface area contributed by atoms with Gasteiger partial charge in [-0.05, 0) is 85.6 Å². The Bertz CT molecular complexity index is 1920. The second kappa shape index (κ2) is 16.5. The number of nitrogens with zero attached hydrogens (tertiary/aromatic N) is 2. The molecule has 1 atom stereocenters. The summed E-state index contributed by atoms with van der Waals surface area (Å²) in [6, 6.07) is 39.6. The molecule has 5 aromatic rings. The Labute approximate surface area is 296 Å². The van der Waals surface area contributed by atoms with Gasteiger partial charge in [-0.15, -0.1) is 0 Å². The van der Waals surface area contributed by atoms with Crippen molar-refractivity contribution < 1.29 is 22.7 Å². The molecule has 0 radical (unpaired) electrons. The van der Waals surface area contributed by atoms with Crippen LogP contribution >= 0.6 is 15.9 Å². The maximum atomic E-state index is 14.6. The van der Waals surface area contributed by atoms with Crippen LogP contribution in [-0.2, 0) is 32.6 Å². The van der Waals surface area contributed by atoms with Crippen molar-refractivity contribution in [3.8, 4) is 11.5 Å². The monoisotopic (exact) mass is 739 g/mol. The van der Waals surface area contributed by atoms with E-state index in [2.05, 4.69) is 21.2 Å². The molecule has 5 aromatic carbocycles. The first-order valence-electron chi connectivity index (χ1n) is 15.9. The Kier molecular flexibility index (Phi) is 11.9. The lowest BCUT2D eigenvalue weighted by atomic mass is 10.0. The van der Waals surface area contributed by atoms with Crippen molar-refractivity contribution in [2.45, 2.75) is 43.8 Å². The Balaban J connectivity index is 1.54. The number of rotatable bonds is 14. The molecule has 0 saturated heterocycles. The quantitative estimate of drug-likeness (QED) is 0.127. The summed E-state index contributed by atoms with van der Waals surface area (Å²) in [5.41, 5.74) is 1.92. The second-order valence-corrected chi connectivity index (χ2v) is 14.5. The molecule has 10 heteroatoms. The molecule has 0 heterocycles. The SMILES string of the molecule is CC(C)NC(=O)[C@H](Cc1ccccc1)N(Cc1ccc(Br)cc1)C(=O)CN(c1ccc(Oc2ccccc2)cc1)S(=O)(=O)c1ccccc1. The van der Waals surface area contributed by atoms with Gasteiger partial charge in [0.2, 0.25) is 11.8 Å². The smallest absolute Gasteiger partial charge is 0.264 e. The van der Waals surface area contributed by atoms with Gasteiger partial charge in [0.25, 0.3) is 10.0 Å². The molecule has 0 aliphatic heterocycles. The van der Waals surface area contributed by atoms with Crippen molar-refractivity contribution >= 4 is 43.5 Å². The molecule has 2 amide bonds. The van der Waals surface area contributed by atoms with E-state index in [1.165, 1.54) is 17.0 Å². The molecule has 0 fully saturated rings. The molecular formula is C39H38BrN3O5S.